The Morgan fingerprint density at radius 2 is 2.17 bits per heavy atom. The molecule has 0 saturated heterocycles. The maximum Gasteiger partial charge on any atom is 0.310 e. The van der Waals surface area contributed by atoms with Crippen LogP contribution in [0.25, 0.3) is 0 Å². The summed E-state index contributed by atoms with van der Waals surface area (Å²) in [6.45, 7) is 1.91. The molecule has 1 amide bonds. The molecule has 0 spiro atoms. The molecule has 0 bridgehead atoms. The van der Waals surface area contributed by atoms with Gasteiger partial charge in [-0.2, -0.15) is 0 Å². The van der Waals surface area contributed by atoms with Crippen LogP contribution in [0, 0.1) is 5.92 Å². The summed E-state index contributed by atoms with van der Waals surface area (Å²) in [5.74, 6) is -1.16. The van der Waals surface area contributed by atoms with Crippen molar-refractivity contribution in [2.45, 2.75) is 6.92 Å². The summed E-state index contributed by atoms with van der Waals surface area (Å²) >= 11 is 0. The summed E-state index contributed by atoms with van der Waals surface area (Å²) in [4.78, 5) is 28.3. The van der Waals surface area contributed by atoms with E-state index in [1.54, 1.807) is 14.0 Å². The minimum absolute atomic E-state index is 0.0738. The average Bonchev–Trinajstić information content (AvgIpc) is 2.36. The van der Waals surface area contributed by atoms with Gasteiger partial charge >= 0.3 is 5.97 Å². The molecule has 0 aromatic carbocycles. The number of pyridine rings is 1. The molecule has 1 aromatic heterocycles. The zero-order valence-electron chi connectivity index (χ0n) is 10.6. The fourth-order valence-corrected chi connectivity index (χ4v) is 1.53. The van der Waals surface area contributed by atoms with Gasteiger partial charge in [-0.15, -0.1) is 0 Å². The van der Waals surface area contributed by atoms with E-state index in [-0.39, 0.29) is 29.7 Å². The first-order valence-corrected chi connectivity index (χ1v) is 5.43. The van der Waals surface area contributed by atoms with E-state index in [9.17, 15) is 14.7 Å². The average molecular weight is 252 g/mol. The van der Waals surface area contributed by atoms with E-state index in [2.05, 4.69) is 9.72 Å². The quantitative estimate of drug-likeness (QED) is 0.797. The number of aromatic nitrogens is 1. The third-order valence-corrected chi connectivity index (χ3v) is 2.47. The van der Waals surface area contributed by atoms with Crippen molar-refractivity contribution in [3.8, 4) is 5.75 Å². The van der Waals surface area contributed by atoms with Crippen molar-refractivity contribution in [2.75, 3.05) is 20.7 Å². The summed E-state index contributed by atoms with van der Waals surface area (Å²) in [5, 5.41) is 9.24. The van der Waals surface area contributed by atoms with Crippen LogP contribution >= 0.6 is 0 Å². The number of carbonyl (C=O) groups is 2. The number of hydrogen-bond acceptors (Lipinski definition) is 5. The minimum Gasteiger partial charge on any atom is -0.506 e. The first kappa shape index (κ1) is 14.0. The molecule has 1 atom stereocenters. The monoisotopic (exact) mass is 252 g/mol. The van der Waals surface area contributed by atoms with Gasteiger partial charge < -0.3 is 14.7 Å². The molecule has 98 valence electrons. The number of carbonyl (C=O) groups excluding carboxylic acids is 2. The normalized spacial score (nSPS) is 11.7. The van der Waals surface area contributed by atoms with Crippen molar-refractivity contribution in [3.05, 3.63) is 24.0 Å². The zero-order valence-corrected chi connectivity index (χ0v) is 10.6. The van der Waals surface area contributed by atoms with Gasteiger partial charge in [-0.3, -0.25) is 14.6 Å². The highest BCUT2D eigenvalue weighted by atomic mass is 16.5. The third-order valence-electron chi connectivity index (χ3n) is 2.47. The highest BCUT2D eigenvalue weighted by Gasteiger charge is 2.19. The van der Waals surface area contributed by atoms with Crippen molar-refractivity contribution >= 4 is 11.9 Å². The number of aromatic hydroxyl groups is 1. The second-order valence-electron chi connectivity index (χ2n) is 4.04. The van der Waals surface area contributed by atoms with Crippen molar-refractivity contribution < 1.29 is 19.4 Å². The molecule has 1 heterocycles. The molecule has 1 N–H and O–H groups in total. The van der Waals surface area contributed by atoms with E-state index in [4.69, 9.17) is 0 Å². The number of hydrogen-bond donors (Lipinski definition) is 1. The van der Waals surface area contributed by atoms with Crippen LogP contribution < -0.4 is 0 Å². The van der Waals surface area contributed by atoms with Gasteiger partial charge in [0.1, 0.15) is 5.75 Å². The van der Waals surface area contributed by atoms with Crippen LogP contribution in [-0.2, 0) is 9.53 Å². The summed E-state index contributed by atoms with van der Waals surface area (Å²) in [7, 11) is 2.88. The number of rotatable bonds is 4. The van der Waals surface area contributed by atoms with E-state index in [0.717, 1.165) is 0 Å². The lowest BCUT2D eigenvalue weighted by Gasteiger charge is -2.20. The topological polar surface area (TPSA) is 79.7 Å². The predicted octanol–water partition coefficient (Wildman–Crippen LogP) is 0.668. The molecule has 0 saturated carbocycles. The lowest BCUT2D eigenvalue weighted by Crippen LogP contribution is -2.34. The van der Waals surface area contributed by atoms with Crippen molar-refractivity contribution in [1.82, 2.24) is 9.88 Å². The summed E-state index contributed by atoms with van der Waals surface area (Å²) in [5.41, 5.74) is 0.273. The van der Waals surface area contributed by atoms with E-state index in [0.29, 0.717) is 0 Å². The van der Waals surface area contributed by atoms with Crippen LogP contribution in [0.4, 0.5) is 0 Å². The first-order chi connectivity index (χ1) is 8.45. The Balaban J connectivity index is 2.70. The Hall–Kier alpha value is -2.11. The van der Waals surface area contributed by atoms with Crippen LogP contribution in [0.1, 0.15) is 17.3 Å². The van der Waals surface area contributed by atoms with Crippen LogP contribution in [0.5, 0.6) is 5.75 Å². The fraction of sp³-hybridized carbons (Fsp3) is 0.417. The van der Waals surface area contributed by atoms with Crippen LogP contribution in [0.15, 0.2) is 18.5 Å². The molecule has 0 fully saturated rings. The van der Waals surface area contributed by atoms with Gasteiger partial charge in [0.25, 0.3) is 5.91 Å². The van der Waals surface area contributed by atoms with Gasteiger partial charge in [0, 0.05) is 19.8 Å². The molecule has 6 heteroatoms. The molecule has 0 radical (unpaired) electrons. The van der Waals surface area contributed by atoms with Gasteiger partial charge in [0.15, 0.2) is 0 Å². The molecule has 18 heavy (non-hydrogen) atoms. The smallest absolute Gasteiger partial charge is 0.310 e. The highest BCUT2D eigenvalue weighted by molar-refractivity contribution is 5.94. The second kappa shape index (κ2) is 6.00. The molecule has 1 unspecified atom stereocenters. The maximum absolute atomic E-state index is 12.0. The standard InChI is InChI=1S/C12H16N2O4/c1-8(12(17)18-3)7-14(2)11(16)9-4-10(15)6-13-5-9/h4-6,8,15H,7H2,1-3H3. The van der Waals surface area contributed by atoms with Crippen LogP contribution in [0.2, 0.25) is 0 Å². The summed E-state index contributed by atoms with van der Waals surface area (Å²) < 4.78 is 4.59. The highest BCUT2D eigenvalue weighted by Crippen LogP contribution is 2.11. The molecule has 1 aromatic rings. The molecule has 0 aliphatic carbocycles. The van der Waals surface area contributed by atoms with Crippen molar-refractivity contribution in [1.29, 1.82) is 0 Å². The molecule has 0 aliphatic rings. The molecule has 6 nitrogen and oxygen atoms in total. The van der Waals surface area contributed by atoms with E-state index in [1.165, 1.54) is 30.5 Å². The fourth-order valence-electron chi connectivity index (χ4n) is 1.53. The van der Waals surface area contributed by atoms with Crippen LogP contribution in [-0.4, -0.2) is 47.6 Å². The number of ether oxygens (including phenoxy) is 1. The Morgan fingerprint density at radius 3 is 2.72 bits per heavy atom. The molecule has 1 rings (SSSR count). The van der Waals surface area contributed by atoms with Gasteiger partial charge in [-0.05, 0) is 6.07 Å². The lowest BCUT2D eigenvalue weighted by atomic mass is 10.1. The summed E-state index contributed by atoms with van der Waals surface area (Å²) in [6.07, 6.45) is 2.61. The zero-order chi connectivity index (χ0) is 13.7. The Morgan fingerprint density at radius 1 is 1.50 bits per heavy atom. The third kappa shape index (κ3) is 3.44. The Bertz CT molecular complexity index is 447. The largest absolute Gasteiger partial charge is 0.506 e. The Kier molecular flexibility index (Phi) is 4.65. The van der Waals surface area contributed by atoms with Gasteiger partial charge in [0.05, 0.1) is 24.8 Å². The van der Waals surface area contributed by atoms with Crippen molar-refractivity contribution in [3.63, 3.8) is 0 Å². The number of esters is 1. The van der Waals surface area contributed by atoms with E-state index < -0.39 is 5.92 Å². The molecular formula is C12H16N2O4. The van der Waals surface area contributed by atoms with Crippen molar-refractivity contribution in [2.24, 2.45) is 5.92 Å². The van der Waals surface area contributed by atoms with E-state index in [1.807, 2.05) is 0 Å². The van der Waals surface area contributed by atoms with E-state index >= 15 is 0 Å². The lowest BCUT2D eigenvalue weighted by molar-refractivity contribution is -0.145. The van der Waals surface area contributed by atoms with Gasteiger partial charge in [-0.25, -0.2) is 0 Å². The SMILES string of the molecule is COC(=O)C(C)CN(C)C(=O)c1cncc(O)c1. The predicted molar refractivity (Wildman–Crippen MR) is 64.0 cm³/mol. The molecule has 0 aliphatic heterocycles. The minimum atomic E-state index is -0.408. The number of amides is 1. The Labute approximate surface area is 105 Å². The maximum atomic E-state index is 12.0. The van der Waals surface area contributed by atoms with Crippen LogP contribution in [0.3, 0.4) is 0 Å². The number of methoxy groups -OCH3 is 1. The van der Waals surface area contributed by atoms with Gasteiger partial charge in [0.2, 0.25) is 0 Å². The van der Waals surface area contributed by atoms with Gasteiger partial charge in [-0.1, -0.05) is 6.92 Å². The summed E-state index contributed by atoms with van der Waals surface area (Å²) in [6, 6.07) is 1.33. The number of nitrogens with zero attached hydrogens (tertiary/aromatic N) is 2. The second-order valence-corrected chi connectivity index (χ2v) is 4.04. The molecular weight excluding hydrogens is 236 g/mol. The first-order valence-electron chi connectivity index (χ1n) is 5.43.